The van der Waals surface area contributed by atoms with Gasteiger partial charge in [-0.3, -0.25) is 14.1 Å². The van der Waals surface area contributed by atoms with Crippen molar-refractivity contribution in [1.29, 1.82) is 0 Å². The van der Waals surface area contributed by atoms with Gasteiger partial charge >= 0.3 is 19.8 Å². The van der Waals surface area contributed by atoms with Gasteiger partial charge in [0.05, 0.1) is 6.61 Å². The molecule has 1 atom stereocenters. The number of phosphoric ester groups is 1. The molecule has 0 aromatic carbocycles. The number of esters is 2. The minimum absolute atomic E-state index is 0.205. The van der Waals surface area contributed by atoms with Gasteiger partial charge in [-0.1, -0.05) is 180 Å². The first-order valence-corrected chi connectivity index (χ1v) is 22.0. The van der Waals surface area contributed by atoms with E-state index in [9.17, 15) is 14.2 Å². The number of hydrogen-bond donors (Lipinski definition) is 2. The van der Waals surface area contributed by atoms with Crippen LogP contribution in [0.15, 0.2) is 12.2 Å². The summed E-state index contributed by atoms with van der Waals surface area (Å²) in [6.07, 6.45) is 39.4. The molecule has 0 amide bonds. The lowest BCUT2D eigenvalue weighted by Gasteiger charge is -2.18. The Morgan fingerprint density at radius 1 is 0.510 bits per heavy atom. The fourth-order valence-electron chi connectivity index (χ4n) is 5.94. The number of carbonyl (C=O) groups excluding carboxylic acids is 2. The van der Waals surface area contributed by atoms with Gasteiger partial charge in [-0.25, -0.2) is 4.57 Å². The molecule has 0 spiro atoms. The van der Waals surface area contributed by atoms with E-state index >= 15 is 0 Å². The molecule has 0 saturated heterocycles. The van der Waals surface area contributed by atoms with Crippen molar-refractivity contribution in [1.82, 2.24) is 0 Å². The van der Waals surface area contributed by atoms with E-state index in [2.05, 4.69) is 30.5 Å². The van der Waals surface area contributed by atoms with Crippen LogP contribution in [0.25, 0.3) is 0 Å². The molecule has 0 rings (SSSR count). The third kappa shape index (κ3) is 39.4. The molecule has 49 heavy (non-hydrogen) atoms. The Balaban J connectivity index is 3.82. The Kier molecular flexibility index (Phi) is 35.7. The van der Waals surface area contributed by atoms with Crippen LogP contribution in [0.1, 0.15) is 213 Å². The lowest BCUT2D eigenvalue weighted by molar-refractivity contribution is -0.161. The van der Waals surface area contributed by atoms with Crippen molar-refractivity contribution < 1.29 is 37.9 Å². The summed E-state index contributed by atoms with van der Waals surface area (Å²) in [5.74, 6) is -0.886. The molecular formula is C40H77O8P. The summed E-state index contributed by atoms with van der Waals surface area (Å²) in [6.45, 7) is 3.65. The molecule has 0 radical (unpaired) electrons. The zero-order valence-corrected chi connectivity index (χ0v) is 32.8. The van der Waals surface area contributed by atoms with Gasteiger partial charge in [-0.15, -0.1) is 0 Å². The van der Waals surface area contributed by atoms with E-state index in [1.54, 1.807) is 0 Å². The first-order valence-electron chi connectivity index (χ1n) is 20.5. The summed E-state index contributed by atoms with van der Waals surface area (Å²) >= 11 is 0. The molecule has 0 saturated carbocycles. The van der Waals surface area contributed by atoms with Crippen LogP contribution in [0.5, 0.6) is 0 Å². The number of rotatable bonds is 38. The largest absolute Gasteiger partial charge is 0.469 e. The first-order chi connectivity index (χ1) is 23.8. The SMILES string of the molecule is CCCC/C=C\CCCCCCCC(=O)OC(COC(=O)CCCCCCCCCCCCCCCCCCCCCC)COP(=O)(O)O. The Hall–Kier alpha value is -1.21. The molecule has 0 aliphatic rings. The topological polar surface area (TPSA) is 119 Å². The summed E-state index contributed by atoms with van der Waals surface area (Å²) < 4.78 is 26.3. The third-order valence-electron chi connectivity index (χ3n) is 9.03. The van der Waals surface area contributed by atoms with E-state index in [0.29, 0.717) is 6.42 Å². The van der Waals surface area contributed by atoms with E-state index in [1.165, 1.54) is 122 Å². The summed E-state index contributed by atoms with van der Waals surface area (Å²) in [5.41, 5.74) is 0. The second-order valence-corrected chi connectivity index (χ2v) is 15.2. The molecular weight excluding hydrogens is 639 g/mol. The highest BCUT2D eigenvalue weighted by Crippen LogP contribution is 2.36. The third-order valence-corrected chi connectivity index (χ3v) is 9.52. The molecule has 0 bridgehead atoms. The number of carbonyl (C=O) groups is 2. The molecule has 290 valence electrons. The van der Waals surface area contributed by atoms with Crippen LogP contribution in [0.3, 0.4) is 0 Å². The Morgan fingerprint density at radius 3 is 1.31 bits per heavy atom. The predicted octanol–water partition coefficient (Wildman–Crippen LogP) is 12.2. The van der Waals surface area contributed by atoms with Crippen molar-refractivity contribution in [2.45, 2.75) is 219 Å². The number of phosphoric acid groups is 1. The van der Waals surface area contributed by atoms with Gasteiger partial charge < -0.3 is 19.3 Å². The molecule has 0 aliphatic heterocycles. The molecule has 0 heterocycles. The van der Waals surface area contributed by atoms with Crippen LogP contribution in [0, 0.1) is 0 Å². The first kappa shape index (κ1) is 47.8. The van der Waals surface area contributed by atoms with Gasteiger partial charge in [0.15, 0.2) is 6.10 Å². The molecule has 8 nitrogen and oxygen atoms in total. The molecule has 0 aromatic heterocycles. The minimum Gasteiger partial charge on any atom is -0.462 e. The fraction of sp³-hybridized carbons (Fsp3) is 0.900. The van der Waals surface area contributed by atoms with Gasteiger partial charge in [-0.2, -0.15) is 0 Å². The Bertz CT molecular complexity index is 812. The maximum absolute atomic E-state index is 12.3. The van der Waals surface area contributed by atoms with Crippen LogP contribution in [0.4, 0.5) is 0 Å². The van der Waals surface area contributed by atoms with E-state index in [1.807, 2.05) is 0 Å². The monoisotopic (exact) mass is 717 g/mol. The number of unbranched alkanes of at least 4 members (excludes halogenated alkanes) is 26. The van der Waals surface area contributed by atoms with E-state index < -0.39 is 32.5 Å². The van der Waals surface area contributed by atoms with Gasteiger partial charge in [0.1, 0.15) is 6.61 Å². The summed E-state index contributed by atoms with van der Waals surface area (Å²) in [4.78, 5) is 42.7. The van der Waals surface area contributed by atoms with Gasteiger partial charge in [0.2, 0.25) is 0 Å². The highest BCUT2D eigenvalue weighted by Gasteiger charge is 2.22. The average molecular weight is 717 g/mol. The normalized spacial score (nSPS) is 12.5. The summed E-state index contributed by atoms with van der Waals surface area (Å²) in [7, 11) is -4.75. The molecule has 0 fully saturated rings. The average Bonchev–Trinajstić information content (AvgIpc) is 3.07. The summed E-state index contributed by atoms with van der Waals surface area (Å²) in [6, 6.07) is 0. The van der Waals surface area contributed by atoms with Crippen LogP contribution in [-0.4, -0.2) is 41.0 Å². The van der Waals surface area contributed by atoms with Crippen molar-refractivity contribution in [2.24, 2.45) is 0 Å². The van der Waals surface area contributed by atoms with Crippen LogP contribution in [-0.2, 0) is 28.2 Å². The fourth-order valence-corrected chi connectivity index (χ4v) is 6.30. The highest BCUT2D eigenvalue weighted by atomic mass is 31.2. The number of hydrogen-bond acceptors (Lipinski definition) is 6. The van der Waals surface area contributed by atoms with Gasteiger partial charge in [0.25, 0.3) is 0 Å². The zero-order valence-electron chi connectivity index (χ0n) is 31.9. The standard InChI is InChI=1S/C40H77O8P/c1-3-5-7-9-11-13-15-16-17-18-19-20-21-22-23-25-26-28-30-32-34-39(41)46-36-38(37-47-49(43,44)45)48-40(42)35-33-31-29-27-24-14-12-10-8-6-4-2/h10,12,38H,3-9,11,13-37H2,1-2H3,(H2,43,44,45)/b12-10-. The van der Waals surface area contributed by atoms with Gasteiger partial charge in [-0.05, 0) is 32.1 Å². The number of allylic oxidation sites excluding steroid dienone is 2. The lowest BCUT2D eigenvalue weighted by Crippen LogP contribution is -2.29. The van der Waals surface area contributed by atoms with Crippen LogP contribution in [0.2, 0.25) is 0 Å². The lowest BCUT2D eigenvalue weighted by atomic mass is 10.0. The van der Waals surface area contributed by atoms with Crippen molar-refractivity contribution in [2.75, 3.05) is 13.2 Å². The molecule has 2 N–H and O–H groups in total. The highest BCUT2D eigenvalue weighted by molar-refractivity contribution is 7.46. The molecule has 1 unspecified atom stereocenters. The second-order valence-electron chi connectivity index (χ2n) is 14.0. The maximum atomic E-state index is 12.3. The molecule has 0 aromatic rings. The predicted molar refractivity (Wildman–Crippen MR) is 202 cm³/mol. The second kappa shape index (κ2) is 36.6. The molecule has 9 heteroatoms. The summed E-state index contributed by atoms with van der Waals surface area (Å²) in [5, 5.41) is 0. The zero-order chi connectivity index (χ0) is 36.1. The van der Waals surface area contributed by atoms with Crippen molar-refractivity contribution in [3.05, 3.63) is 12.2 Å². The van der Waals surface area contributed by atoms with Crippen molar-refractivity contribution in [3.8, 4) is 0 Å². The minimum atomic E-state index is -4.75. The number of ether oxygens (including phenoxy) is 2. The smallest absolute Gasteiger partial charge is 0.462 e. The Labute approximate surface area is 301 Å². The molecule has 0 aliphatic carbocycles. The maximum Gasteiger partial charge on any atom is 0.469 e. The van der Waals surface area contributed by atoms with E-state index in [-0.39, 0.29) is 19.4 Å². The van der Waals surface area contributed by atoms with Crippen molar-refractivity contribution >= 4 is 19.8 Å². The van der Waals surface area contributed by atoms with Crippen LogP contribution < -0.4 is 0 Å². The van der Waals surface area contributed by atoms with Gasteiger partial charge in [0, 0.05) is 12.8 Å². The van der Waals surface area contributed by atoms with E-state index in [0.717, 1.165) is 57.8 Å². The van der Waals surface area contributed by atoms with Crippen LogP contribution >= 0.6 is 7.82 Å². The quantitative estimate of drug-likeness (QED) is 0.0280. The Morgan fingerprint density at radius 2 is 0.878 bits per heavy atom. The van der Waals surface area contributed by atoms with Crippen molar-refractivity contribution in [3.63, 3.8) is 0 Å². The van der Waals surface area contributed by atoms with E-state index in [4.69, 9.17) is 19.3 Å².